The number of Topliss-reactive ketones (excluding diaryl/α,β-unsaturated/α-hetero) is 2. The molecule has 5 N–H and O–H groups in total. The van der Waals surface area contributed by atoms with Crippen LogP contribution in [0.5, 0.6) is 0 Å². The number of carbonyl (C=O) groups is 3. The van der Waals surface area contributed by atoms with Gasteiger partial charge in [0.05, 0.1) is 24.1 Å². The van der Waals surface area contributed by atoms with Gasteiger partial charge in [0.2, 0.25) is 5.95 Å². The predicted molar refractivity (Wildman–Crippen MR) is 226 cm³/mol. The lowest BCUT2D eigenvalue weighted by Gasteiger charge is -2.19. The van der Waals surface area contributed by atoms with Crippen LogP contribution >= 0.6 is 12.4 Å². The van der Waals surface area contributed by atoms with Crippen LogP contribution < -0.4 is 11.5 Å². The molecule has 0 atom stereocenters. The summed E-state index contributed by atoms with van der Waals surface area (Å²) < 4.78 is 8.06. The van der Waals surface area contributed by atoms with Gasteiger partial charge in [-0.25, -0.2) is 24.0 Å². The molecule has 2 aromatic carbocycles. The average Bonchev–Trinajstić information content (AvgIpc) is 3.92. The Bertz CT molecular complexity index is 2080. The van der Waals surface area contributed by atoms with Gasteiger partial charge in [-0.2, -0.15) is 0 Å². The molecule has 17 heteroatoms. The molecule has 0 spiro atoms. The largest absolute Gasteiger partial charge is 0.443 e. The molecular formula is C41H53ClN12O4. The highest BCUT2D eigenvalue weighted by atomic mass is 35.5. The summed E-state index contributed by atoms with van der Waals surface area (Å²) in [5.74, 6) is 3.27. The maximum Gasteiger partial charge on any atom is 0.421 e. The first kappa shape index (κ1) is 47.7. The van der Waals surface area contributed by atoms with Gasteiger partial charge in [0.15, 0.2) is 11.7 Å². The van der Waals surface area contributed by atoms with E-state index in [-0.39, 0.29) is 43.0 Å². The van der Waals surface area contributed by atoms with Crippen LogP contribution in [-0.4, -0.2) is 64.3 Å². The normalized spacial score (nSPS) is 10.3. The van der Waals surface area contributed by atoms with Crippen LogP contribution in [0.2, 0.25) is 0 Å². The second-order valence-electron chi connectivity index (χ2n) is 14.0. The Morgan fingerprint density at radius 1 is 0.897 bits per heavy atom. The number of hydrogen-bond acceptors (Lipinski definition) is 11. The van der Waals surface area contributed by atoms with Crippen molar-refractivity contribution < 1.29 is 19.1 Å². The van der Waals surface area contributed by atoms with Gasteiger partial charge in [-0.1, -0.05) is 71.0 Å². The summed E-state index contributed by atoms with van der Waals surface area (Å²) in [4.78, 5) is 48.6. The number of benzene rings is 2. The van der Waals surface area contributed by atoms with Crippen LogP contribution in [0.25, 0.3) is 10.4 Å². The van der Waals surface area contributed by atoms with E-state index in [2.05, 4.69) is 41.2 Å². The highest BCUT2D eigenvalue weighted by molar-refractivity contribution is 5.85. The fourth-order valence-corrected chi connectivity index (χ4v) is 5.19. The molecule has 0 saturated carbocycles. The van der Waals surface area contributed by atoms with Gasteiger partial charge in [0, 0.05) is 42.3 Å². The van der Waals surface area contributed by atoms with E-state index in [1.807, 2.05) is 66.9 Å². The number of imidazole rings is 2. The number of azide groups is 1. The zero-order valence-corrected chi connectivity index (χ0v) is 34.1. The van der Waals surface area contributed by atoms with Gasteiger partial charge in [-0.15, -0.1) is 29.8 Å². The molecule has 0 aliphatic carbocycles. The molecule has 5 rings (SSSR count). The maximum atomic E-state index is 12.1. The monoisotopic (exact) mass is 812 g/mol. The van der Waals surface area contributed by atoms with Gasteiger partial charge in [0.1, 0.15) is 17.9 Å². The Morgan fingerprint density at radius 2 is 1.52 bits per heavy atom. The first-order chi connectivity index (χ1) is 27.3. The standard InChI is InChI=1S/C18H22N6O.C13H19N3O2.C10H11N3O.ClH/c19-18-20-11-15(21-18)7-4-8-16-12-24(23-22-16)13-17(25)10-9-14-5-2-1-3-6-14;1-5-6-7-8-10-9-16(11(14)15-10)12(17)18-13(2,3)4;11-13-12-8-10(14)7-6-9-4-2-1-3-5-9;/h1-3,5-6,11-12H,4,7-10,13H2,(H3,19,20,21);1,9H,6-8H2,2-4H3,(H2,14,15);1-5H,6-8H2;1H. The molecule has 0 radical (unpaired) electrons. The molecule has 0 bridgehead atoms. The fraction of sp³-hybridized carbons (Fsp3) is 0.390. The van der Waals surface area contributed by atoms with E-state index < -0.39 is 11.7 Å². The van der Waals surface area contributed by atoms with Gasteiger partial charge < -0.3 is 21.2 Å². The predicted octanol–water partition coefficient (Wildman–Crippen LogP) is 7.09. The van der Waals surface area contributed by atoms with Crippen LogP contribution in [0.3, 0.4) is 0 Å². The van der Waals surface area contributed by atoms with Gasteiger partial charge >= 0.3 is 6.09 Å². The molecule has 0 unspecified atom stereocenters. The lowest BCUT2D eigenvalue weighted by molar-refractivity contribution is -0.120. The summed E-state index contributed by atoms with van der Waals surface area (Å²) in [6.45, 7) is 5.63. The van der Waals surface area contributed by atoms with Crippen molar-refractivity contribution in [2.24, 2.45) is 5.11 Å². The molecular weight excluding hydrogens is 760 g/mol. The first-order valence-corrected chi connectivity index (χ1v) is 18.7. The highest BCUT2D eigenvalue weighted by Gasteiger charge is 2.20. The third-order valence-electron chi connectivity index (χ3n) is 7.96. The topological polar surface area (TPSA) is 238 Å². The number of nitrogen functional groups attached to an aromatic ring is 2. The summed E-state index contributed by atoms with van der Waals surface area (Å²) in [6.07, 6.45) is 17.0. The lowest BCUT2D eigenvalue weighted by Crippen LogP contribution is -2.27. The number of aromatic amines is 1. The van der Waals surface area contributed by atoms with Gasteiger partial charge in [-0.3, -0.25) is 9.59 Å². The van der Waals surface area contributed by atoms with Crippen LogP contribution in [0, 0.1) is 12.3 Å². The van der Waals surface area contributed by atoms with E-state index in [0.29, 0.717) is 38.1 Å². The molecule has 0 amide bonds. The summed E-state index contributed by atoms with van der Waals surface area (Å²) in [5.41, 5.74) is 23.6. The number of H-pyrrole nitrogens is 1. The quantitative estimate of drug-likeness (QED) is 0.0283. The number of ketones is 2. The maximum absolute atomic E-state index is 12.1. The minimum absolute atomic E-state index is 0. The number of carbonyl (C=O) groups excluding carboxylic acids is 3. The number of nitrogens with two attached hydrogens (primary N) is 2. The number of nitrogens with zero attached hydrogens (tertiary/aromatic N) is 9. The Kier molecular flexibility index (Phi) is 21.1. The van der Waals surface area contributed by atoms with Gasteiger partial charge in [0.25, 0.3) is 0 Å². The van der Waals surface area contributed by atoms with Crippen molar-refractivity contribution in [1.29, 1.82) is 0 Å². The van der Waals surface area contributed by atoms with Crippen molar-refractivity contribution in [2.45, 2.75) is 97.1 Å². The number of nitrogens with one attached hydrogen (secondary N) is 1. The molecule has 3 aromatic heterocycles. The minimum Gasteiger partial charge on any atom is -0.443 e. The summed E-state index contributed by atoms with van der Waals surface area (Å²) in [7, 11) is 0. The Morgan fingerprint density at radius 3 is 2.09 bits per heavy atom. The number of aromatic nitrogens is 7. The SMILES string of the molecule is C#CCCCc1cn(C(=O)OC(C)(C)C)c(N)n1.Cl.Nc1ncc(CCCc2cn(CC(=O)CCc3ccccc3)nn2)[nH]1.[N-]=[N+]=NCC(=O)CCc1ccccc1. The number of ether oxygens (including phenoxy) is 1. The van der Waals surface area contributed by atoms with Crippen LogP contribution in [0.4, 0.5) is 16.7 Å². The minimum atomic E-state index is -0.558. The van der Waals surface area contributed by atoms with E-state index >= 15 is 0 Å². The highest BCUT2D eigenvalue weighted by Crippen LogP contribution is 2.14. The van der Waals surface area contributed by atoms with E-state index in [0.717, 1.165) is 54.7 Å². The number of anilines is 2. The Labute approximate surface area is 345 Å². The van der Waals surface area contributed by atoms with Gasteiger partial charge in [-0.05, 0) is 82.4 Å². The second kappa shape index (κ2) is 25.7. The molecule has 308 valence electrons. The summed E-state index contributed by atoms with van der Waals surface area (Å²) >= 11 is 0. The zero-order chi connectivity index (χ0) is 41.5. The van der Waals surface area contributed by atoms with Crippen molar-refractivity contribution >= 4 is 42.0 Å². The van der Waals surface area contributed by atoms with Crippen LogP contribution in [0.1, 0.15) is 81.1 Å². The number of rotatable bonds is 17. The van der Waals surface area contributed by atoms with Crippen molar-refractivity contribution in [3.05, 3.63) is 118 Å². The number of aryl methyl sites for hydroxylation is 5. The molecule has 0 fully saturated rings. The number of halogens is 1. The molecule has 16 nitrogen and oxygen atoms in total. The van der Waals surface area contributed by atoms with E-state index in [1.165, 1.54) is 10.1 Å². The van der Waals surface area contributed by atoms with Crippen molar-refractivity contribution in [2.75, 3.05) is 18.0 Å². The number of hydrogen-bond donors (Lipinski definition) is 3. The zero-order valence-electron chi connectivity index (χ0n) is 33.3. The van der Waals surface area contributed by atoms with Crippen molar-refractivity contribution in [3.8, 4) is 12.3 Å². The first-order valence-electron chi connectivity index (χ1n) is 18.7. The van der Waals surface area contributed by atoms with Crippen LogP contribution in [-0.2, 0) is 53.0 Å². The van der Waals surface area contributed by atoms with E-state index in [9.17, 15) is 14.4 Å². The Hall–Kier alpha value is -6.43. The second-order valence-corrected chi connectivity index (χ2v) is 14.0. The van der Waals surface area contributed by atoms with Crippen LogP contribution in [0.15, 0.2) is 84.4 Å². The fourth-order valence-electron chi connectivity index (χ4n) is 5.19. The third kappa shape index (κ3) is 19.4. The number of terminal acetylenes is 1. The average molecular weight is 813 g/mol. The Balaban J connectivity index is 0.000000312. The number of unbranched alkanes of at least 4 members (excludes halogenated alkanes) is 1. The molecule has 58 heavy (non-hydrogen) atoms. The molecule has 5 aromatic rings. The summed E-state index contributed by atoms with van der Waals surface area (Å²) in [6, 6.07) is 19.8. The van der Waals surface area contributed by atoms with Crippen molar-refractivity contribution in [3.63, 3.8) is 0 Å². The van der Waals surface area contributed by atoms with Crippen molar-refractivity contribution in [1.82, 2.24) is 34.5 Å². The summed E-state index contributed by atoms with van der Waals surface area (Å²) in [5, 5.41) is 11.4. The smallest absolute Gasteiger partial charge is 0.421 e. The lowest BCUT2D eigenvalue weighted by atomic mass is 10.1. The molecule has 0 aliphatic heterocycles. The molecule has 0 saturated heterocycles. The third-order valence-corrected chi connectivity index (χ3v) is 7.96. The van der Waals surface area contributed by atoms with E-state index in [1.54, 1.807) is 37.8 Å². The molecule has 0 aliphatic rings. The molecule has 3 heterocycles. The van der Waals surface area contributed by atoms with E-state index in [4.69, 9.17) is 28.2 Å².